The van der Waals surface area contributed by atoms with Gasteiger partial charge in [-0.05, 0) is 18.2 Å². The highest BCUT2D eigenvalue weighted by Crippen LogP contribution is 2.22. The van der Waals surface area contributed by atoms with E-state index in [9.17, 15) is 14.7 Å². The number of nitrogens with zero attached hydrogens (tertiary/aromatic N) is 1. The van der Waals surface area contributed by atoms with Crippen LogP contribution in [0.25, 0.3) is 11.0 Å². The zero-order chi connectivity index (χ0) is 63.5. The monoisotopic (exact) mass is 1290 g/mol. The number of aromatic carboxylic acids is 1. The summed E-state index contributed by atoms with van der Waals surface area (Å²) in [5.74, 6) is -1.35. The topological polar surface area (TPSA) is 292 Å². The van der Waals surface area contributed by atoms with Crippen molar-refractivity contribution < 1.29 is 128 Å². The molecule has 1 aromatic heterocycles. The van der Waals surface area contributed by atoms with Crippen molar-refractivity contribution in [2.45, 2.75) is 0 Å². The number of carboxylic acids is 1. The Balaban J connectivity index is 1.38. The van der Waals surface area contributed by atoms with Crippen LogP contribution in [-0.2, 0) is 114 Å². The van der Waals surface area contributed by atoms with Crippen molar-refractivity contribution in [1.29, 1.82) is 0 Å². The van der Waals surface area contributed by atoms with Crippen LogP contribution in [-0.4, -0.2) is 342 Å². The molecule has 0 saturated heterocycles. The minimum absolute atomic E-state index is 0.268. The number of benzene rings is 1. The Kier molecular flexibility index (Phi) is 60.9. The molecule has 0 radical (unpaired) electrons. The van der Waals surface area contributed by atoms with Crippen molar-refractivity contribution in [3.05, 3.63) is 40.2 Å². The molecule has 0 fully saturated rings. The first-order valence-electron chi connectivity index (χ1n) is 30.8. The second-order valence-electron chi connectivity index (χ2n) is 18.4. The van der Waals surface area contributed by atoms with E-state index < -0.39 is 17.2 Å². The molecule has 0 unspecified atom stereocenters. The molecule has 2 rings (SSSR count). The molecule has 1 N–H and O–H groups in total. The van der Waals surface area contributed by atoms with Crippen LogP contribution < -0.4 is 10.5 Å². The summed E-state index contributed by atoms with van der Waals surface area (Å²) >= 11 is 0. The van der Waals surface area contributed by atoms with Gasteiger partial charge < -0.3 is 128 Å². The van der Waals surface area contributed by atoms with E-state index in [1.807, 2.05) is 11.0 Å². The lowest BCUT2D eigenvalue weighted by Gasteiger charge is -2.25. The summed E-state index contributed by atoms with van der Waals surface area (Å²) in [5, 5.41) is 9.87. The first-order valence-corrected chi connectivity index (χ1v) is 30.8. The van der Waals surface area contributed by atoms with Crippen molar-refractivity contribution in [3.63, 3.8) is 0 Å². The van der Waals surface area contributed by atoms with Gasteiger partial charge in [-0.1, -0.05) is 0 Å². The Morgan fingerprint density at radius 1 is 0.315 bits per heavy atom. The van der Waals surface area contributed by atoms with Crippen LogP contribution >= 0.6 is 0 Å². The van der Waals surface area contributed by atoms with Gasteiger partial charge in [0.2, 0.25) is 0 Å². The number of hydrogen-bond donors (Lipinski definition) is 1. The van der Waals surface area contributed by atoms with Crippen molar-refractivity contribution in [3.8, 4) is 0 Å². The predicted octanol–water partition coefficient (Wildman–Crippen LogP) is 1.96. The Hall–Kier alpha value is -3.26. The van der Waals surface area contributed by atoms with Crippen molar-refractivity contribution in [2.75, 3.05) is 336 Å². The smallest absolute Gasteiger partial charge is 0.351 e. The van der Waals surface area contributed by atoms with Gasteiger partial charge in [0.1, 0.15) is 11.1 Å². The van der Waals surface area contributed by atoms with E-state index in [1.165, 1.54) is 6.07 Å². The van der Waals surface area contributed by atoms with Crippen molar-refractivity contribution in [2.24, 2.45) is 0 Å². The molecule has 1 aromatic carbocycles. The number of rotatable bonds is 74. The summed E-state index contributed by atoms with van der Waals surface area (Å²) in [6.07, 6.45) is 0. The summed E-state index contributed by atoms with van der Waals surface area (Å²) < 4.78 is 137. The molecule has 520 valence electrons. The molecule has 0 saturated carbocycles. The molecule has 0 atom stereocenters. The van der Waals surface area contributed by atoms with E-state index in [-0.39, 0.29) is 5.58 Å². The van der Waals surface area contributed by atoms with E-state index in [0.29, 0.717) is 322 Å². The lowest BCUT2D eigenvalue weighted by atomic mass is 10.1. The molecule has 0 amide bonds. The van der Waals surface area contributed by atoms with Crippen molar-refractivity contribution >= 4 is 22.6 Å². The minimum atomic E-state index is -1.35. The molecule has 0 aliphatic rings. The number of fused-ring (bicyclic) bond motifs is 1. The molecule has 0 aliphatic carbocycles. The molecule has 89 heavy (non-hydrogen) atoms. The minimum Gasteiger partial charge on any atom is -0.477 e. The van der Waals surface area contributed by atoms with E-state index in [4.69, 9.17) is 118 Å². The summed E-state index contributed by atoms with van der Waals surface area (Å²) in [6.45, 7) is 22.5. The van der Waals surface area contributed by atoms with Crippen LogP contribution in [0.4, 0.5) is 5.69 Å². The van der Waals surface area contributed by atoms with E-state index >= 15 is 0 Å². The SMILES string of the molecule is COCCOCCOCCOCCOCCOCCOCCOCCOCCOCCOCCOCCN(CCOCCOCCOCCOCCOCCOCCOCCOCCOCCOCCOCCOC)c1ccc2cc(C(=O)O)c(=O)oc2c1. The summed E-state index contributed by atoms with van der Waals surface area (Å²) in [6, 6.07) is 6.56. The maximum Gasteiger partial charge on any atom is 0.351 e. The fourth-order valence-corrected chi connectivity index (χ4v) is 7.05. The molecule has 0 bridgehead atoms. The van der Waals surface area contributed by atoms with Crippen LogP contribution in [0.1, 0.15) is 10.4 Å². The molecular formula is C60H107NO28. The lowest BCUT2D eigenvalue weighted by Crippen LogP contribution is -2.31. The number of carboxylic acid groups (broad SMARTS) is 1. The second-order valence-corrected chi connectivity index (χ2v) is 18.4. The van der Waals surface area contributed by atoms with Gasteiger partial charge in [0, 0.05) is 44.4 Å². The molecule has 1 heterocycles. The third kappa shape index (κ3) is 53.9. The quantitative estimate of drug-likeness (QED) is 0.0731. The number of hydrogen-bond acceptors (Lipinski definition) is 28. The Morgan fingerprint density at radius 2 is 0.517 bits per heavy atom. The Bertz CT molecular complexity index is 1780. The first kappa shape index (κ1) is 81.8. The largest absolute Gasteiger partial charge is 0.477 e. The predicted molar refractivity (Wildman–Crippen MR) is 323 cm³/mol. The van der Waals surface area contributed by atoms with Gasteiger partial charge in [0.25, 0.3) is 0 Å². The van der Waals surface area contributed by atoms with Crippen LogP contribution in [0, 0.1) is 0 Å². The lowest BCUT2D eigenvalue weighted by molar-refractivity contribution is -0.0280. The molecule has 29 nitrogen and oxygen atoms in total. The van der Waals surface area contributed by atoms with E-state index in [1.54, 1.807) is 26.4 Å². The molecule has 2 aromatic rings. The average Bonchev–Trinajstić information content (AvgIpc) is 1.14. The van der Waals surface area contributed by atoms with Crippen LogP contribution in [0.15, 0.2) is 33.5 Å². The van der Waals surface area contributed by atoms with E-state index in [2.05, 4.69) is 0 Å². The number of methoxy groups -OCH3 is 2. The molecule has 0 aliphatic heterocycles. The maximum absolute atomic E-state index is 12.3. The van der Waals surface area contributed by atoms with Crippen molar-refractivity contribution in [1.82, 2.24) is 0 Å². The Morgan fingerprint density at radius 3 is 0.719 bits per heavy atom. The third-order valence-electron chi connectivity index (χ3n) is 11.6. The van der Waals surface area contributed by atoms with E-state index in [0.717, 1.165) is 5.69 Å². The summed E-state index contributed by atoms with van der Waals surface area (Å²) in [5.41, 5.74) is -0.336. The normalized spacial score (nSPS) is 11.7. The highest BCUT2D eigenvalue weighted by Gasteiger charge is 2.15. The zero-order valence-electron chi connectivity index (χ0n) is 53.2. The maximum atomic E-state index is 12.3. The number of carbonyl (C=O) groups is 1. The summed E-state index contributed by atoms with van der Waals surface area (Å²) in [4.78, 5) is 25.9. The highest BCUT2D eigenvalue weighted by molar-refractivity contribution is 5.92. The molecule has 0 spiro atoms. The van der Waals surface area contributed by atoms with Crippen LogP contribution in [0.5, 0.6) is 0 Å². The van der Waals surface area contributed by atoms with Gasteiger partial charge in [-0.3, -0.25) is 0 Å². The van der Waals surface area contributed by atoms with Gasteiger partial charge >= 0.3 is 11.6 Å². The van der Waals surface area contributed by atoms with Gasteiger partial charge in [0.05, 0.1) is 304 Å². The van der Waals surface area contributed by atoms with Crippen LogP contribution in [0.3, 0.4) is 0 Å². The van der Waals surface area contributed by atoms with Gasteiger partial charge in [-0.15, -0.1) is 0 Å². The zero-order valence-corrected chi connectivity index (χ0v) is 53.2. The standard InChI is InChI=1S/C60H107NO28/c1-65-9-11-69-17-19-73-25-27-77-33-35-81-41-43-85-49-51-87-47-45-83-39-37-79-31-29-75-23-21-71-15-13-67-7-5-61(56-4-3-55-53-57(59(62)63)60(64)89-58(55)54-56)6-8-68-14-16-72-22-24-76-30-32-80-38-40-84-46-48-88-52-50-86-44-42-82-36-34-78-28-26-74-20-18-70-12-10-66-2/h3-4,53-54H,5-52H2,1-2H3,(H,62,63). The van der Waals surface area contributed by atoms with Gasteiger partial charge in [-0.25, -0.2) is 9.59 Å². The Labute approximate surface area is 525 Å². The second kappa shape index (κ2) is 66.2. The number of anilines is 1. The fraction of sp³-hybridized carbons (Fsp3) is 0.833. The van der Waals surface area contributed by atoms with Gasteiger partial charge in [0.15, 0.2) is 0 Å². The van der Waals surface area contributed by atoms with Crippen LogP contribution in [0.2, 0.25) is 0 Å². The first-order chi connectivity index (χ1) is 44.1. The average molecular weight is 1290 g/mol. The number of ether oxygens (including phenoxy) is 24. The highest BCUT2D eigenvalue weighted by atomic mass is 16.6. The molecule has 29 heteroatoms. The van der Waals surface area contributed by atoms with Gasteiger partial charge in [-0.2, -0.15) is 0 Å². The molecular weight excluding hydrogens is 1180 g/mol. The summed E-state index contributed by atoms with van der Waals surface area (Å²) in [7, 11) is 3.28. The third-order valence-corrected chi connectivity index (χ3v) is 11.6. The fourth-order valence-electron chi connectivity index (χ4n) is 7.05.